The summed E-state index contributed by atoms with van der Waals surface area (Å²) >= 11 is 0. The van der Waals surface area contributed by atoms with Crippen LogP contribution in [0.25, 0.3) is 0 Å². The monoisotopic (exact) mass is 356 g/mol. The molecule has 0 aromatic heterocycles. The van der Waals surface area contributed by atoms with Gasteiger partial charge in [-0.05, 0) is 5.92 Å². The van der Waals surface area contributed by atoms with Gasteiger partial charge < -0.3 is 0 Å². The van der Waals surface area contributed by atoms with Crippen molar-refractivity contribution in [3.63, 3.8) is 0 Å². The molecule has 0 heterocycles. The van der Waals surface area contributed by atoms with Crippen molar-refractivity contribution in [2.75, 3.05) is 0 Å². The first-order valence-corrected chi connectivity index (χ1v) is 9.31. The van der Waals surface area contributed by atoms with Crippen LogP contribution in [0.2, 0.25) is 42.2 Å². The quantitative estimate of drug-likeness (QED) is 0.465. The minimum Gasteiger partial charge on any atom is -0.127 e. The van der Waals surface area contributed by atoms with E-state index in [1.54, 1.807) is 13.8 Å². The Kier molecular flexibility index (Phi) is 7.29. The SMILES string of the molecule is [B]C([B])C1([B])C([B])([B])C([B])(C([B])(C)C(C)C)C(C([B])([B])[B])C1(C([B])([B])[B])C([B])([B])[B]. The molecule has 0 amide bonds. The molecule has 0 aliphatic heterocycles. The zero-order chi connectivity index (χ0) is 24.7. The second kappa shape index (κ2) is 7.52. The van der Waals surface area contributed by atoms with Crippen molar-refractivity contribution in [1.82, 2.24) is 0 Å². The molecule has 0 spiro atoms. The van der Waals surface area contributed by atoms with Crippen molar-refractivity contribution in [3.8, 4) is 0 Å². The summed E-state index contributed by atoms with van der Waals surface area (Å²) in [5, 5.41) is -15.8. The maximum atomic E-state index is 6.89. The molecule has 1 rings (SSSR count). The Balaban J connectivity index is 4.55. The molecule has 1 aliphatic carbocycles. The third-order valence-electron chi connectivity index (χ3n) is 7.39. The van der Waals surface area contributed by atoms with Gasteiger partial charge in [0.2, 0.25) is 0 Å². The fraction of sp³-hybridized carbons (Fsp3) is 1.00. The molecule has 16 heteroatoms. The predicted molar refractivity (Wildman–Crippen MR) is 141 cm³/mol. The second-order valence-corrected chi connectivity index (χ2v) is 9.68. The van der Waals surface area contributed by atoms with Crippen molar-refractivity contribution in [3.05, 3.63) is 0 Å². The van der Waals surface area contributed by atoms with Crippen molar-refractivity contribution >= 4 is 126 Å². The van der Waals surface area contributed by atoms with Gasteiger partial charge in [0.25, 0.3) is 0 Å². The van der Waals surface area contributed by atoms with E-state index in [1.807, 2.05) is 0 Å². The largest absolute Gasteiger partial charge is 0.127 e. The lowest BCUT2D eigenvalue weighted by Crippen LogP contribution is -2.62. The van der Waals surface area contributed by atoms with Gasteiger partial charge in [-0.2, -0.15) is 0 Å². The van der Waals surface area contributed by atoms with E-state index in [2.05, 4.69) is 0 Å². The molecule has 1 fully saturated rings. The normalized spacial score (nSPS) is 34.0. The molecule has 0 bridgehead atoms. The minimum absolute atomic E-state index is 0.432. The van der Waals surface area contributed by atoms with Gasteiger partial charge in [0.1, 0.15) is 0 Å². The lowest BCUT2D eigenvalue weighted by molar-refractivity contribution is 0.119. The Morgan fingerprint density at radius 3 is 1.23 bits per heavy atom. The van der Waals surface area contributed by atoms with E-state index >= 15 is 0 Å². The molecule has 32 radical (unpaired) electrons. The first-order chi connectivity index (χ1) is 12.8. The van der Waals surface area contributed by atoms with Crippen LogP contribution in [0, 0.1) is 17.3 Å². The summed E-state index contributed by atoms with van der Waals surface area (Å²) < 4.78 is 0. The highest BCUT2D eigenvalue weighted by Crippen LogP contribution is 2.95. The zero-order valence-electron chi connectivity index (χ0n) is 18.0. The highest BCUT2D eigenvalue weighted by atomic mass is 14.8. The van der Waals surface area contributed by atoms with Gasteiger partial charge in [0.05, 0.1) is 126 Å². The Hall–Kier alpha value is 1.04. The van der Waals surface area contributed by atoms with Crippen LogP contribution >= 0.6 is 0 Å². The third kappa shape index (κ3) is 3.16. The summed E-state index contributed by atoms with van der Waals surface area (Å²) in [6.07, 6.45) is 0. The standard InChI is InChI=1S/C14H12B16/c1-4(2)7(3,17)9(18)5(11(20,21)22)8(13(25,26)27,14(28,29)30)10(19,6(15)16)12(9,23)24/h4-6H,1-3H3. The summed E-state index contributed by atoms with van der Waals surface area (Å²) in [7, 11) is 101. The second-order valence-electron chi connectivity index (χ2n) is 9.68. The van der Waals surface area contributed by atoms with Crippen LogP contribution in [0.5, 0.6) is 0 Å². The van der Waals surface area contributed by atoms with Crippen molar-refractivity contribution in [2.24, 2.45) is 17.3 Å². The van der Waals surface area contributed by atoms with Crippen LogP contribution in [0.15, 0.2) is 0 Å². The van der Waals surface area contributed by atoms with Gasteiger partial charge in [-0.25, -0.2) is 0 Å². The molecule has 0 nitrogen and oxygen atoms in total. The van der Waals surface area contributed by atoms with E-state index in [0.717, 1.165) is 0 Å². The molecule has 116 valence electrons. The summed E-state index contributed by atoms with van der Waals surface area (Å²) in [5.74, 6) is -2.15. The fourth-order valence-electron chi connectivity index (χ4n) is 5.62. The lowest BCUT2D eigenvalue weighted by atomic mass is 9.08. The number of rotatable bonds is 6. The molecule has 0 N–H and O–H groups in total. The van der Waals surface area contributed by atoms with Crippen molar-refractivity contribution < 1.29 is 0 Å². The van der Waals surface area contributed by atoms with Crippen LogP contribution < -0.4 is 0 Å². The van der Waals surface area contributed by atoms with Crippen LogP contribution in [-0.4, -0.2) is 126 Å². The van der Waals surface area contributed by atoms with E-state index in [4.69, 9.17) is 126 Å². The van der Waals surface area contributed by atoms with Gasteiger partial charge in [-0.1, -0.05) is 48.0 Å². The number of hydrogen-bond donors (Lipinski definition) is 0. The van der Waals surface area contributed by atoms with Crippen LogP contribution in [-0.2, 0) is 0 Å². The molecule has 4 atom stereocenters. The smallest absolute Gasteiger partial charge is 0.0743 e. The Morgan fingerprint density at radius 1 is 0.700 bits per heavy atom. The molecule has 30 heavy (non-hydrogen) atoms. The summed E-state index contributed by atoms with van der Waals surface area (Å²) in [6.45, 7) is 4.99. The molecule has 4 unspecified atom stereocenters. The van der Waals surface area contributed by atoms with Crippen molar-refractivity contribution in [1.29, 1.82) is 0 Å². The lowest BCUT2D eigenvalue weighted by Gasteiger charge is -2.72. The molecule has 0 aromatic rings. The molecule has 0 aromatic carbocycles. The molecular weight excluding hydrogens is 341 g/mol. The Labute approximate surface area is 205 Å². The van der Waals surface area contributed by atoms with E-state index in [0.29, 0.717) is 0 Å². The highest BCUT2D eigenvalue weighted by Gasteiger charge is 2.79. The fourth-order valence-corrected chi connectivity index (χ4v) is 5.62. The minimum atomic E-state index is -2.52. The Morgan fingerprint density at radius 2 is 1.03 bits per heavy atom. The number of hydrogen-bond acceptors (Lipinski definition) is 0. The van der Waals surface area contributed by atoms with Gasteiger partial charge in [-0.3, -0.25) is 0 Å². The summed E-state index contributed by atoms with van der Waals surface area (Å²) in [4.78, 5) is 0. The van der Waals surface area contributed by atoms with E-state index in [1.165, 1.54) is 6.92 Å². The molecule has 0 saturated heterocycles. The Bertz CT molecular complexity index is 638. The molecule has 1 saturated carbocycles. The molecular formula is C14H12B16. The van der Waals surface area contributed by atoms with Gasteiger partial charge in [0.15, 0.2) is 0 Å². The molecule has 1 aliphatic rings. The van der Waals surface area contributed by atoms with Crippen LogP contribution in [0.1, 0.15) is 20.8 Å². The van der Waals surface area contributed by atoms with Crippen LogP contribution in [0.3, 0.4) is 0 Å². The van der Waals surface area contributed by atoms with Crippen molar-refractivity contribution in [2.45, 2.75) is 63.0 Å². The van der Waals surface area contributed by atoms with E-state index in [9.17, 15) is 0 Å². The van der Waals surface area contributed by atoms with E-state index < -0.39 is 59.5 Å². The van der Waals surface area contributed by atoms with Gasteiger partial charge in [0, 0.05) is 0 Å². The predicted octanol–water partition coefficient (Wildman–Crippen LogP) is -2.47. The topological polar surface area (TPSA) is 0 Å². The first-order valence-electron chi connectivity index (χ1n) is 9.31. The summed E-state index contributed by atoms with van der Waals surface area (Å²) in [5.41, 5.74) is -4.14. The maximum Gasteiger partial charge on any atom is 0.0743 e. The van der Waals surface area contributed by atoms with Gasteiger partial charge >= 0.3 is 0 Å². The first kappa shape index (κ1) is 29.1. The zero-order valence-corrected chi connectivity index (χ0v) is 18.0. The summed E-state index contributed by atoms with van der Waals surface area (Å²) in [6, 6.07) is 0. The average Bonchev–Trinajstić information content (AvgIpc) is 2.60. The van der Waals surface area contributed by atoms with E-state index in [-0.39, 0.29) is 0 Å². The average molecular weight is 353 g/mol. The maximum absolute atomic E-state index is 6.89. The van der Waals surface area contributed by atoms with Crippen LogP contribution in [0.4, 0.5) is 0 Å². The third-order valence-corrected chi connectivity index (χ3v) is 7.39. The highest BCUT2D eigenvalue weighted by molar-refractivity contribution is 6.68. The van der Waals surface area contributed by atoms with Gasteiger partial charge in [-0.15, -0.1) is 26.3 Å².